The molecule has 0 aliphatic carbocycles. The molecule has 0 saturated carbocycles. The monoisotopic (exact) mass is 400 g/mol. The highest BCUT2D eigenvalue weighted by molar-refractivity contribution is 9.10. The van der Waals surface area contributed by atoms with E-state index in [-0.39, 0.29) is 0 Å². The molecule has 1 heterocycles. The van der Waals surface area contributed by atoms with Crippen LogP contribution in [0.1, 0.15) is 30.8 Å². The number of ether oxygens (including phenoxy) is 1. The zero-order valence-corrected chi connectivity index (χ0v) is 15.1. The average molecular weight is 402 g/mol. The standard InChI is InChI=1S/C15H18Br2N2O/c1-4-12-15(17)13(19(5-2)18-12)9-20-14-7-6-11(16)8-10(14)3/h6-8H,4-5,9H2,1-3H3. The summed E-state index contributed by atoms with van der Waals surface area (Å²) < 4.78 is 10.1. The van der Waals surface area contributed by atoms with E-state index in [0.29, 0.717) is 6.61 Å². The molecule has 3 nitrogen and oxygen atoms in total. The SMILES string of the molecule is CCc1nn(CC)c(COc2ccc(Br)cc2C)c1Br. The molecule has 108 valence electrons. The van der Waals surface area contributed by atoms with Crippen molar-refractivity contribution in [2.75, 3.05) is 0 Å². The van der Waals surface area contributed by atoms with Crippen LogP contribution in [0.25, 0.3) is 0 Å². The lowest BCUT2D eigenvalue weighted by Gasteiger charge is -2.11. The van der Waals surface area contributed by atoms with Crippen LogP contribution in [0.2, 0.25) is 0 Å². The zero-order valence-electron chi connectivity index (χ0n) is 11.9. The van der Waals surface area contributed by atoms with Gasteiger partial charge in [-0.25, -0.2) is 0 Å². The highest BCUT2D eigenvalue weighted by atomic mass is 79.9. The molecule has 1 aromatic heterocycles. The van der Waals surface area contributed by atoms with Gasteiger partial charge in [0.25, 0.3) is 0 Å². The fraction of sp³-hybridized carbons (Fsp3) is 0.400. The van der Waals surface area contributed by atoms with E-state index in [9.17, 15) is 0 Å². The molecule has 0 aliphatic rings. The minimum atomic E-state index is 0.518. The van der Waals surface area contributed by atoms with E-state index in [4.69, 9.17) is 4.74 Å². The van der Waals surface area contributed by atoms with Crippen molar-refractivity contribution in [2.24, 2.45) is 0 Å². The fourth-order valence-electron chi connectivity index (χ4n) is 2.08. The van der Waals surface area contributed by atoms with Gasteiger partial charge in [-0.05, 0) is 60.0 Å². The molecule has 5 heteroatoms. The molecule has 0 N–H and O–H groups in total. The maximum absolute atomic E-state index is 5.95. The third-order valence-electron chi connectivity index (χ3n) is 3.20. The molecule has 2 rings (SSSR count). The van der Waals surface area contributed by atoms with Crippen LogP contribution < -0.4 is 4.74 Å². The van der Waals surface area contributed by atoms with E-state index in [0.717, 1.165) is 44.6 Å². The van der Waals surface area contributed by atoms with Gasteiger partial charge >= 0.3 is 0 Å². The van der Waals surface area contributed by atoms with Gasteiger partial charge in [0, 0.05) is 11.0 Å². The summed E-state index contributed by atoms with van der Waals surface area (Å²) in [6.45, 7) is 7.61. The number of hydrogen-bond acceptors (Lipinski definition) is 2. The van der Waals surface area contributed by atoms with E-state index >= 15 is 0 Å². The van der Waals surface area contributed by atoms with Gasteiger partial charge in [0.05, 0.1) is 15.9 Å². The molecule has 0 atom stereocenters. The Kier molecular flexibility index (Phi) is 5.27. The number of nitrogens with zero attached hydrogens (tertiary/aromatic N) is 2. The summed E-state index contributed by atoms with van der Waals surface area (Å²) in [6.07, 6.45) is 0.915. The molecule has 0 bridgehead atoms. The second-order valence-electron chi connectivity index (χ2n) is 4.58. The fourth-order valence-corrected chi connectivity index (χ4v) is 3.23. The second-order valence-corrected chi connectivity index (χ2v) is 6.28. The largest absolute Gasteiger partial charge is 0.487 e. The smallest absolute Gasteiger partial charge is 0.131 e. The van der Waals surface area contributed by atoms with E-state index in [1.165, 1.54) is 0 Å². The summed E-state index contributed by atoms with van der Waals surface area (Å²) >= 11 is 7.10. The van der Waals surface area contributed by atoms with Crippen molar-refractivity contribution in [3.63, 3.8) is 0 Å². The zero-order chi connectivity index (χ0) is 14.7. The van der Waals surface area contributed by atoms with Crippen molar-refractivity contribution in [1.82, 2.24) is 9.78 Å². The Balaban J connectivity index is 2.20. The van der Waals surface area contributed by atoms with Crippen molar-refractivity contribution in [3.05, 3.63) is 44.1 Å². The summed E-state index contributed by atoms with van der Waals surface area (Å²) in [5.74, 6) is 0.905. The highest BCUT2D eigenvalue weighted by Crippen LogP contribution is 2.26. The predicted molar refractivity (Wildman–Crippen MR) is 88.2 cm³/mol. The molecular formula is C15H18Br2N2O. The van der Waals surface area contributed by atoms with Gasteiger partial charge in [-0.2, -0.15) is 5.10 Å². The second kappa shape index (κ2) is 6.76. The Labute approximate surface area is 136 Å². The lowest BCUT2D eigenvalue weighted by Crippen LogP contribution is -2.07. The summed E-state index contributed by atoms with van der Waals surface area (Å²) in [5.41, 5.74) is 3.29. The Morgan fingerprint density at radius 3 is 2.60 bits per heavy atom. The summed E-state index contributed by atoms with van der Waals surface area (Å²) in [6, 6.07) is 6.03. The van der Waals surface area contributed by atoms with Crippen molar-refractivity contribution in [3.8, 4) is 5.75 Å². The minimum absolute atomic E-state index is 0.518. The highest BCUT2D eigenvalue weighted by Gasteiger charge is 2.14. The van der Waals surface area contributed by atoms with Gasteiger partial charge in [0.2, 0.25) is 0 Å². The maximum Gasteiger partial charge on any atom is 0.131 e. The van der Waals surface area contributed by atoms with Crippen LogP contribution in [0.3, 0.4) is 0 Å². The third-order valence-corrected chi connectivity index (χ3v) is 4.60. The molecule has 0 fully saturated rings. The van der Waals surface area contributed by atoms with Crippen LogP contribution in [-0.4, -0.2) is 9.78 Å². The number of rotatable bonds is 5. The normalized spacial score (nSPS) is 10.8. The number of hydrogen-bond donors (Lipinski definition) is 0. The van der Waals surface area contributed by atoms with Crippen molar-refractivity contribution in [2.45, 2.75) is 40.3 Å². The maximum atomic E-state index is 5.95. The molecule has 0 aliphatic heterocycles. The van der Waals surface area contributed by atoms with Gasteiger partial charge in [-0.15, -0.1) is 0 Å². The molecule has 20 heavy (non-hydrogen) atoms. The lowest BCUT2D eigenvalue weighted by molar-refractivity contribution is 0.289. The quantitative estimate of drug-likeness (QED) is 0.713. The Morgan fingerprint density at radius 2 is 2.00 bits per heavy atom. The number of aryl methyl sites for hydroxylation is 3. The Morgan fingerprint density at radius 1 is 1.25 bits per heavy atom. The first-order chi connectivity index (χ1) is 9.56. The van der Waals surface area contributed by atoms with Gasteiger partial charge in [0.15, 0.2) is 0 Å². The topological polar surface area (TPSA) is 27.1 Å². The number of aromatic nitrogens is 2. The van der Waals surface area contributed by atoms with Crippen molar-refractivity contribution in [1.29, 1.82) is 0 Å². The molecule has 0 unspecified atom stereocenters. The molecule has 0 saturated heterocycles. The van der Waals surface area contributed by atoms with Crippen LogP contribution in [0, 0.1) is 6.92 Å². The Bertz CT molecular complexity index is 608. The van der Waals surface area contributed by atoms with Crippen LogP contribution in [0.5, 0.6) is 5.75 Å². The van der Waals surface area contributed by atoms with E-state index in [2.05, 4.69) is 56.9 Å². The molecular weight excluding hydrogens is 384 g/mol. The van der Waals surface area contributed by atoms with Crippen LogP contribution in [0.15, 0.2) is 27.1 Å². The minimum Gasteiger partial charge on any atom is -0.487 e. The first-order valence-corrected chi connectivity index (χ1v) is 8.28. The van der Waals surface area contributed by atoms with Gasteiger partial charge in [0.1, 0.15) is 12.4 Å². The lowest BCUT2D eigenvalue weighted by atomic mass is 10.2. The molecule has 0 radical (unpaired) electrons. The molecule has 1 aromatic carbocycles. The van der Waals surface area contributed by atoms with E-state index < -0.39 is 0 Å². The first kappa shape index (κ1) is 15.6. The van der Waals surface area contributed by atoms with Crippen LogP contribution >= 0.6 is 31.9 Å². The average Bonchev–Trinajstić information content (AvgIpc) is 2.74. The van der Waals surface area contributed by atoms with Crippen LogP contribution in [0.4, 0.5) is 0 Å². The molecule has 0 spiro atoms. The summed E-state index contributed by atoms with van der Waals surface area (Å²) in [5, 5.41) is 4.58. The van der Waals surface area contributed by atoms with E-state index in [1.807, 2.05) is 23.7 Å². The van der Waals surface area contributed by atoms with Crippen LogP contribution in [-0.2, 0) is 19.6 Å². The molecule has 0 amide bonds. The van der Waals surface area contributed by atoms with Gasteiger partial charge in [-0.3, -0.25) is 4.68 Å². The third kappa shape index (κ3) is 3.26. The van der Waals surface area contributed by atoms with Crippen molar-refractivity contribution < 1.29 is 4.74 Å². The summed E-state index contributed by atoms with van der Waals surface area (Å²) in [7, 11) is 0. The van der Waals surface area contributed by atoms with Gasteiger partial charge in [-0.1, -0.05) is 22.9 Å². The predicted octanol–water partition coefficient (Wildman–Crippen LogP) is 4.88. The van der Waals surface area contributed by atoms with E-state index in [1.54, 1.807) is 0 Å². The molecule has 2 aromatic rings. The number of benzene rings is 1. The Hall–Kier alpha value is -0.810. The summed E-state index contributed by atoms with van der Waals surface area (Å²) in [4.78, 5) is 0. The first-order valence-electron chi connectivity index (χ1n) is 6.69. The number of halogens is 2. The van der Waals surface area contributed by atoms with Crippen molar-refractivity contribution >= 4 is 31.9 Å². The van der Waals surface area contributed by atoms with Gasteiger partial charge < -0.3 is 4.74 Å².